The van der Waals surface area contributed by atoms with Gasteiger partial charge in [-0.25, -0.2) is 4.99 Å². The Balaban J connectivity index is 1.18. The van der Waals surface area contributed by atoms with Gasteiger partial charge in [0.25, 0.3) is 0 Å². The fourth-order valence-electron chi connectivity index (χ4n) is 5.33. The number of benzene rings is 1. The number of aliphatic imine (C=N–C) groups is 2. The van der Waals surface area contributed by atoms with Gasteiger partial charge in [-0.2, -0.15) is 13.2 Å². The van der Waals surface area contributed by atoms with E-state index in [1.54, 1.807) is 12.3 Å². The Morgan fingerprint density at radius 3 is 2.67 bits per heavy atom. The summed E-state index contributed by atoms with van der Waals surface area (Å²) < 4.78 is 38.8. The minimum Gasteiger partial charge on any atom is -0.357 e. The third kappa shape index (κ3) is 5.83. The number of alkyl halides is 3. The van der Waals surface area contributed by atoms with Crippen LogP contribution >= 0.6 is 11.8 Å². The van der Waals surface area contributed by atoms with E-state index in [1.165, 1.54) is 23.7 Å². The predicted octanol–water partition coefficient (Wildman–Crippen LogP) is 6.05. The Morgan fingerprint density at radius 1 is 1.11 bits per heavy atom. The first kappa shape index (κ1) is 25.0. The molecule has 1 aliphatic carbocycles. The van der Waals surface area contributed by atoms with E-state index in [1.807, 2.05) is 12.3 Å². The van der Waals surface area contributed by atoms with E-state index in [0.29, 0.717) is 17.0 Å². The highest BCUT2D eigenvalue weighted by Crippen LogP contribution is 2.45. The van der Waals surface area contributed by atoms with Gasteiger partial charge in [-0.05, 0) is 53.8 Å². The number of nitrogens with one attached hydrogen (secondary N) is 1. The second kappa shape index (κ2) is 10.8. The summed E-state index contributed by atoms with van der Waals surface area (Å²) in [5, 5.41) is 3.46. The van der Waals surface area contributed by atoms with Crippen LogP contribution in [0.4, 0.5) is 13.2 Å². The van der Waals surface area contributed by atoms with E-state index in [4.69, 9.17) is 0 Å². The molecule has 9 heteroatoms. The monoisotopic (exact) mass is 513 g/mol. The fraction of sp³-hybridized carbons (Fsp3) is 0.444. The van der Waals surface area contributed by atoms with Crippen LogP contribution in [-0.4, -0.2) is 52.2 Å². The zero-order valence-electron chi connectivity index (χ0n) is 20.2. The molecule has 1 aromatic carbocycles. The average Bonchev–Trinajstić information content (AvgIpc) is 3.50. The molecule has 1 saturated carbocycles. The van der Waals surface area contributed by atoms with Crippen molar-refractivity contribution in [2.45, 2.75) is 62.8 Å². The molecule has 4 atom stereocenters. The van der Waals surface area contributed by atoms with E-state index in [0.717, 1.165) is 49.3 Å². The van der Waals surface area contributed by atoms with Gasteiger partial charge < -0.3 is 10.2 Å². The molecule has 5 rings (SSSR count). The molecular formula is C27H30F3N5S. The van der Waals surface area contributed by atoms with Crippen LogP contribution < -0.4 is 5.32 Å². The first-order valence-electron chi connectivity index (χ1n) is 12.4. The Hall–Kier alpha value is -2.65. The van der Waals surface area contributed by atoms with Crippen molar-refractivity contribution in [2.24, 2.45) is 15.9 Å². The van der Waals surface area contributed by atoms with Gasteiger partial charge >= 0.3 is 6.18 Å². The number of pyridine rings is 1. The molecule has 1 N–H and O–H groups in total. The van der Waals surface area contributed by atoms with Crippen molar-refractivity contribution in [3.8, 4) is 11.1 Å². The number of halogens is 3. The van der Waals surface area contributed by atoms with Crippen molar-refractivity contribution in [3.05, 3.63) is 65.3 Å². The first-order chi connectivity index (χ1) is 17.4. The van der Waals surface area contributed by atoms with Crippen molar-refractivity contribution in [1.82, 2.24) is 15.2 Å². The maximum atomic E-state index is 12.9. The second-order valence-corrected chi connectivity index (χ2v) is 10.7. The van der Waals surface area contributed by atoms with Crippen LogP contribution in [0.1, 0.15) is 38.2 Å². The standard InChI is InChI=1S/C27H30F3N5S/c1-2-35(25-24-13-23(14-27(28,29)30)36-26(24)34-17-33-25)22-10-9-21(12-22)32-15-18-5-7-19(8-6-18)20-4-3-11-31-16-20/h3-8,11,13,16-17,21-22,24,26,32H,2,9-10,12,14-15H2,1H3. The zero-order valence-corrected chi connectivity index (χ0v) is 21.0. The highest BCUT2D eigenvalue weighted by molar-refractivity contribution is 8.04. The van der Waals surface area contributed by atoms with Crippen LogP contribution in [0.2, 0.25) is 0 Å². The smallest absolute Gasteiger partial charge is 0.357 e. The van der Waals surface area contributed by atoms with Gasteiger partial charge in [-0.1, -0.05) is 36.4 Å². The van der Waals surface area contributed by atoms with Crippen molar-refractivity contribution >= 4 is 23.9 Å². The number of nitrogens with zero attached hydrogens (tertiary/aromatic N) is 4. The van der Waals surface area contributed by atoms with Gasteiger partial charge in [0, 0.05) is 37.6 Å². The third-order valence-electron chi connectivity index (χ3n) is 7.05. The number of hydrogen-bond acceptors (Lipinski definition) is 6. The molecule has 2 aliphatic heterocycles. The molecular weight excluding hydrogens is 483 g/mol. The number of allylic oxidation sites excluding steroid dienone is 1. The van der Waals surface area contributed by atoms with Gasteiger partial charge in [0.05, 0.1) is 12.3 Å². The van der Waals surface area contributed by atoms with Crippen LogP contribution in [0.15, 0.2) is 69.8 Å². The van der Waals surface area contributed by atoms with Crippen molar-refractivity contribution in [1.29, 1.82) is 0 Å². The topological polar surface area (TPSA) is 52.9 Å². The number of amidine groups is 1. The number of hydrogen-bond donors (Lipinski definition) is 1. The lowest BCUT2D eigenvalue weighted by Crippen LogP contribution is -2.45. The number of rotatable bonds is 7. The number of fused-ring (bicyclic) bond motifs is 1. The molecule has 0 spiro atoms. The van der Waals surface area contributed by atoms with E-state index < -0.39 is 12.6 Å². The van der Waals surface area contributed by atoms with Gasteiger partial charge in [-0.15, -0.1) is 11.8 Å². The van der Waals surface area contributed by atoms with Gasteiger partial charge in [0.15, 0.2) is 0 Å². The lowest BCUT2D eigenvalue weighted by atomic mass is 10.0. The molecule has 0 bridgehead atoms. The minimum atomic E-state index is -4.21. The van der Waals surface area contributed by atoms with E-state index in [9.17, 15) is 13.2 Å². The largest absolute Gasteiger partial charge is 0.393 e. The summed E-state index contributed by atoms with van der Waals surface area (Å²) in [5.41, 5.74) is 3.49. The van der Waals surface area contributed by atoms with Crippen molar-refractivity contribution in [2.75, 3.05) is 6.54 Å². The highest BCUT2D eigenvalue weighted by Gasteiger charge is 2.41. The minimum absolute atomic E-state index is 0.192. The maximum absolute atomic E-state index is 12.9. The molecule has 0 saturated heterocycles. The quantitative estimate of drug-likeness (QED) is 0.490. The van der Waals surface area contributed by atoms with Crippen molar-refractivity contribution < 1.29 is 13.2 Å². The highest BCUT2D eigenvalue weighted by atomic mass is 32.2. The van der Waals surface area contributed by atoms with E-state index in [-0.39, 0.29) is 11.3 Å². The molecule has 1 aromatic heterocycles. The second-order valence-electron chi connectivity index (χ2n) is 9.48. The average molecular weight is 514 g/mol. The number of thioether (sulfide) groups is 1. The summed E-state index contributed by atoms with van der Waals surface area (Å²) in [4.78, 5) is 15.7. The Labute approximate surface area is 214 Å². The summed E-state index contributed by atoms with van der Waals surface area (Å²) in [6.07, 6.45) is 4.89. The van der Waals surface area contributed by atoms with E-state index in [2.05, 4.69) is 62.4 Å². The SMILES string of the molecule is CCN(C1=NC=NC2SC(CC(F)(F)F)=CC12)C1CCC(NCc2ccc(-c3cccnc3)cc2)C1. The molecule has 0 radical (unpaired) electrons. The Morgan fingerprint density at radius 2 is 1.94 bits per heavy atom. The summed E-state index contributed by atoms with van der Waals surface area (Å²) in [7, 11) is 0. The fourth-order valence-corrected chi connectivity index (χ4v) is 6.57. The summed E-state index contributed by atoms with van der Waals surface area (Å²) >= 11 is 1.22. The van der Waals surface area contributed by atoms with Gasteiger partial charge in [0.1, 0.15) is 17.5 Å². The summed E-state index contributed by atoms with van der Waals surface area (Å²) in [5.74, 6) is 0.668. The molecule has 4 unspecified atom stereocenters. The van der Waals surface area contributed by atoms with Crippen LogP contribution in [0, 0.1) is 5.92 Å². The van der Waals surface area contributed by atoms with Crippen LogP contribution in [0.3, 0.4) is 0 Å². The lowest BCUT2D eigenvalue weighted by molar-refractivity contribution is -0.125. The van der Waals surface area contributed by atoms with Crippen LogP contribution in [-0.2, 0) is 6.54 Å². The van der Waals surface area contributed by atoms with Gasteiger partial charge in [-0.3, -0.25) is 9.98 Å². The molecule has 1 fully saturated rings. The Kier molecular flexibility index (Phi) is 7.48. The normalized spacial score (nSPS) is 25.4. The molecule has 2 aromatic rings. The van der Waals surface area contributed by atoms with Crippen molar-refractivity contribution in [3.63, 3.8) is 0 Å². The molecule has 3 aliphatic rings. The van der Waals surface area contributed by atoms with Crippen LogP contribution in [0.25, 0.3) is 11.1 Å². The summed E-state index contributed by atoms with van der Waals surface area (Å²) in [6.45, 7) is 3.67. The third-order valence-corrected chi connectivity index (χ3v) is 8.29. The predicted molar refractivity (Wildman–Crippen MR) is 140 cm³/mol. The Bertz CT molecular complexity index is 1130. The maximum Gasteiger partial charge on any atom is 0.393 e. The molecule has 3 heterocycles. The van der Waals surface area contributed by atoms with E-state index >= 15 is 0 Å². The molecule has 5 nitrogen and oxygen atoms in total. The lowest BCUT2D eigenvalue weighted by Gasteiger charge is -2.35. The first-order valence-corrected chi connectivity index (χ1v) is 13.3. The molecule has 0 amide bonds. The molecule has 190 valence electrons. The summed E-state index contributed by atoms with van der Waals surface area (Å²) in [6, 6.07) is 13.3. The zero-order chi connectivity index (χ0) is 25.1. The van der Waals surface area contributed by atoms with Gasteiger partial charge in [0.2, 0.25) is 0 Å². The van der Waals surface area contributed by atoms with Crippen LogP contribution in [0.5, 0.6) is 0 Å². The number of aromatic nitrogens is 1. The molecule has 36 heavy (non-hydrogen) atoms.